The van der Waals surface area contributed by atoms with Crippen molar-refractivity contribution in [2.75, 3.05) is 49.5 Å². The van der Waals surface area contributed by atoms with E-state index < -0.39 is 29.9 Å². The van der Waals surface area contributed by atoms with Gasteiger partial charge in [0.05, 0.1) is 29.0 Å². The lowest BCUT2D eigenvalue weighted by atomic mass is 9.85. The number of halogens is 5. The summed E-state index contributed by atoms with van der Waals surface area (Å²) in [6.45, 7) is 2.57. The number of carbonyl (C=O) groups excluding carboxylic acids is 1. The monoisotopic (exact) mass is 570 g/mol. The fourth-order valence-corrected chi connectivity index (χ4v) is 5.40. The molecule has 0 radical (unpaired) electrons. The van der Waals surface area contributed by atoms with Gasteiger partial charge >= 0.3 is 6.18 Å². The second-order valence-corrected chi connectivity index (χ2v) is 10.9. The minimum absolute atomic E-state index is 0.0534. The van der Waals surface area contributed by atoms with Gasteiger partial charge in [0.25, 0.3) is 5.91 Å². The van der Waals surface area contributed by atoms with Gasteiger partial charge in [-0.3, -0.25) is 9.69 Å². The molecule has 0 atom stereocenters. The summed E-state index contributed by atoms with van der Waals surface area (Å²) >= 11 is 6.20. The van der Waals surface area contributed by atoms with E-state index in [9.17, 15) is 27.5 Å². The molecule has 2 aromatic rings. The molecule has 6 nitrogen and oxygen atoms in total. The second kappa shape index (κ2) is 12.8. The number of anilines is 2. The Morgan fingerprint density at radius 1 is 1.03 bits per heavy atom. The highest BCUT2D eigenvalue weighted by Gasteiger charge is 2.30. The molecule has 0 bridgehead atoms. The molecule has 3 N–H and O–H groups in total. The van der Waals surface area contributed by atoms with Gasteiger partial charge in [0.1, 0.15) is 5.82 Å². The average Bonchev–Trinajstić information content (AvgIpc) is 2.89. The zero-order valence-electron chi connectivity index (χ0n) is 21.8. The largest absolute Gasteiger partial charge is 0.390 e. The van der Waals surface area contributed by atoms with E-state index in [1.807, 2.05) is 4.90 Å². The number of nitrogens with zero attached hydrogens (tertiary/aromatic N) is 2. The van der Waals surface area contributed by atoms with Crippen LogP contribution in [-0.2, 0) is 6.54 Å². The van der Waals surface area contributed by atoms with E-state index in [2.05, 4.69) is 10.6 Å². The van der Waals surface area contributed by atoms with Crippen LogP contribution in [0.5, 0.6) is 0 Å². The summed E-state index contributed by atoms with van der Waals surface area (Å²) in [7, 11) is 0. The first-order chi connectivity index (χ1) is 18.5. The number of hydrogen-bond acceptors (Lipinski definition) is 5. The van der Waals surface area contributed by atoms with Crippen LogP contribution < -0.4 is 15.5 Å². The first-order valence-corrected chi connectivity index (χ1v) is 13.8. The third-order valence-electron chi connectivity index (χ3n) is 7.48. The molecule has 4 rings (SSSR count). The zero-order valence-corrected chi connectivity index (χ0v) is 22.6. The molecule has 11 heteroatoms. The molecule has 1 saturated carbocycles. The highest BCUT2D eigenvalue weighted by atomic mass is 35.5. The molecular weight excluding hydrogens is 536 g/mol. The Morgan fingerprint density at radius 2 is 1.74 bits per heavy atom. The summed E-state index contributed by atoms with van der Waals surface area (Å²) < 4.78 is 52.6. The van der Waals surface area contributed by atoms with Crippen molar-refractivity contribution in [1.82, 2.24) is 10.2 Å². The maximum atomic E-state index is 14.9. The van der Waals surface area contributed by atoms with Crippen LogP contribution in [0, 0.1) is 5.82 Å². The van der Waals surface area contributed by atoms with Crippen molar-refractivity contribution in [3.05, 3.63) is 58.4 Å². The predicted octanol–water partition coefficient (Wildman–Crippen LogP) is 5.59. The van der Waals surface area contributed by atoms with E-state index in [0.717, 1.165) is 32.1 Å². The highest BCUT2D eigenvalue weighted by molar-refractivity contribution is 6.31. The van der Waals surface area contributed by atoms with E-state index in [0.29, 0.717) is 61.2 Å². The predicted molar refractivity (Wildman–Crippen MR) is 145 cm³/mol. The molecule has 0 aromatic heterocycles. The van der Waals surface area contributed by atoms with Crippen molar-refractivity contribution in [3.8, 4) is 0 Å². The quantitative estimate of drug-likeness (QED) is 0.343. The van der Waals surface area contributed by atoms with Gasteiger partial charge in [-0.25, -0.2) is 4.39 Å². The lowest BCUT2D eigenvalue weighted by Crippen LogP contribution is -2.47. The maximum Gasteiger partial charge on any atom is 0.390 e. The Bertz CT molecular complexity index is 1130. The molecule has 2 aromatic carbocycles. The van der Waals surface area contributed by atoms with Gasteiger partial charge in [0.2, 0.25) is 0 Å². The number of nitrogens with one attached hydrogen (secondary N) is 2. The van der Waals surface area contributed by atoms with Gasteiger partial charge in [-0.1, -0.05) is 36.9 Å². The molecule has 2 fully saturated rings. The van der Waals surface area contributed by atoms with Gasteiger partial charge in [-0.2, -0.15) is 13.2 Å². The molecule has 39 heavy (non-hydrogen) atoms. The van der Waals surface area contributed by atoms with Gasteiger partial charge in [-0.05, 0) is 48.7 Å². The molecule has 1 saturated heterocycles. The lowest BCUT2D eigenvalue weighted by molar-refractivity contribution is -0.138. The number of aliphatic hydroxyl groups is 1. The van der Waals surface area contributed by atoms with Gasteiger partial charge in [-0.15, -0.1) is 0 Å². The summed E-state index contributed by atoms with van der Waals surface area (Å²) in [5.41, 5.74) is 0.913. The Morgan fingerprint density at radius 3 is 2.41 bits per heavy atom. The number of carbonyl (C=O) groups is 1. The molecular formula is C28H35ClF4N4O2. The van der Waals surface area contributed by atoms with Crippen LogP contribution in [0.2, 0.25) is 5.02 Å². The molecule has 0 unspecified atom stereocenters. The molecule has 2 aliphatic rings. The van der Waals surface area contributed by atoms with Crippen molar-refractivity contribution >= 4 is 28.9 Å². The zero-order chi connectivity index (χ0) is 28.0. The van der Waals surface area contributed by atoms with Crippen LogP contribution in [-0.4, -0.2) is 67.0 Å². The van der Waals surface area contributed by atoms with E-state index in [1.54, 1.807) is 29.2 Å². The number of rotatable bonds is 9. The molecule has 1 amide bonds. The van der Waals surface area contributed by atoms with Gasteiger partial charge in [0, 0.05) is 50.8 Å². The summed E-state index contributed by atoms with van der Waals surface area (Å²) in [5, 5.41) is 17.0. The lowest BCUT2D eigenvalue weighted by Gasteiger charge is -2.37. The van der Waals surface area contributed by atoms with Crippen LogP contribution in [0.25, 0.3) is 0 Å². The molecule has 1 aliphatic heterocycles. The summed E-state index contributed by atoms with van der Waals surface area (Å²) in [6.07, 6.45) is -0.385. The molecule has 1 heterocycles. The Hall–Kier alpha value is -2.40. The van der Waals surface area contributed by atoms with Crippen molar-refractivity contribution in [2.45, 2.75) is 56.8 Å². The van der Waals surface area contributed by atoms with Crippen LogP contribution in [0.15, 0.2) is 36.4 Å². The topological polar surface area (TPSA) is 67.8 Å². The van der Waals surface area contributed by atoms with Crippen molar-refractivity contribution in [3.63, 3.8) is 0 Å². The number of piperazine rings is 1. The average molecular weight is 571 g/mol. The maximum absolute atomic E-state index is 14.9. The first kappa shape index (κ1) is 29.6. The van der Waals surface area contributed by atoms with Crippen LogP contribution in [0.3, 0.4) is 0 Å². The third kappa shape index (κ3) is 8.54. The molecule has 0 spiro atoms. The summed E-state index contributed by atoms with van der Waals surface area (Å²) in [5.74, 6) is -1.27. The Balaban J connectivity index is 1.35. The number of amides is 1. The summed E-state index contributed by atoms with van der Waals surface area (Å²) in [4.78, 5) is 16.7. The fourth-order valence-electron chi connectivity index (χ4n) is 5.24. The summed E-state index contributed by atoms with van der Waals surface area (Å²) in [6, 6.07) is 9.37. The van der Waals surface area contributed by atoms with Crippen LogP contribution in [0.4, 0.5) is 28.9 Å². The Kier molecular flexibility index (Phi) is 9.74. The first-order valence-electron chi connectivity index (χ1n) is 13.4. The smallest absolute Gasteiger partial charge is 0.389 e. The van der Waals surface area contributed by atoms with Gasteiger partial charge < -0.3 is 20.6 Å². The van der Waals surface area contributed by atoms with Crippen molar-refractivity contribution in [2.24, 2.45) is 0 Å². The van der Waals surface area contributed by atoms with E-state index >= 15 is 0 Å². The van der Waals surface area contributed by atoms with E-state index in [4.69, 9.17) is 11.6 Å². The standard InChI is InChI=1S/C28H35ClF4N4O2/c29-21-5-7-24(25(17-21)37-14-12-36(13-15-37)11-10-28(31,32)33)35-26(38)22-6-4-20(16-23(22)30)18-34-19-27(39)8-2-1-3-9-27/h4-7,16-17,34,39H,1-3,8-15,18-19H2,(H,35,38). The van der Waals surface area contributed by atoms with E-state index in [-0.39, 0.29) is 12.1 Å². The molecule has 214 valence electrons. The SMILES string of the molecule is O=C(Nc1ccc(Cl)cc1N1CCN(CCC(F)(F)F)CC1)c1ccc(CNCC2(O)CCCCC2)cc1F. The minimum atomic E-state index is -4.19. The minimum Gasteiger partial charge on any atom is -0.389 e. The molecule has 1 aliphatic carbocycles. The van der Waals surface area contributed by atoms with Crippen LogP contribution >= 0.6 is 11.6 Å². The highest BCUT2D eigenvalue weighted by Crippen LogP contribution is 2.31. The second-order valence-electron chi connectivity index (χ2n) is 10.5. The van der Waals surface area contributed by atoms with E-state index in [1.165, 1.54) is 12.1 Å². The number of hydrogen-bond donors (Lipinski definition) is 3. The van der Waals surface area contributed by atoms with Gasteiger partial charge in [0.15, 0.2) is 0 Å². The van der Waals surface area contributed by atoms with Crippen molar-refractivity contribution in [1.29, 1.82) is 0 Å². The van der Waals surface area contributed by atoms with Crippen molar-refractivity contribution < 1.29 is 27.5 Å². The Labute approximate surface area is 231 Å². The fraction of sp³-hybridized carbons (Fsp3) is 0.536. The third-order valence-corrected chi connectivity index (χ3v) is 7.71. The normalized spacial score (nSPS) is 18.3. The number of benzene rings is 2. The van der Waals surface area contributed by atoms with Crippen LogP contribution in [0.1, 0.15) is 54.4 Å². The number of alkyl halides is 3.